The molecule has 0 aliphatic heterocycles. The van der Waals surface area contributed by atoms with Gasteiger partial charge in [0, 0.05) is 20.5 Å². The molecule has 0 spiro atoms. The maximum Gasteiger partial charge on any atom is 0.132 e. The molecule has 0 bridgehead atoms. The molecule has 0 aliphatic rings. The van der Waals surface area contributed by atoms with Crippen LogP contribution in [0.3, 0.4) is 0 Å². The molecule has 1 unspecified atom stereocenters. The summed E-state index contributed by atoms with van der Waals surface area (Å²) in [7, 11) is 4.77. The summed E-state index contributed by atoms with van der Waals surface area (Å²) in [6.07, 6.45) is 1.41. The van der Waals surface area contributed by atoms with Crippen molar-refractivity contribution < 1.29 is 9.90 Å². The van der Waals surface area contributed by atoms with E-state index in [-0.39, 0.29) is 6.42 Å². The fraction of sp³-hybridized carbons (Fsp3) is 0.556. The van der Waals surface area contributed by atoms with Crippen LogP contribution in [0.15, 0.2) is 17.8 Å². The third kappa shape index (κ3) is 5.45. The number of aliphatic hydroxyl groups excluding tert-OH is 1. The maximum atomic E-state index is 10.1. The summed E-state index contributed by atoms with van der Waals surface area (Å²) in [5, 5.41) is 9.36. The molecule has 0 saturated heterocycles. The van der Waals surface area contributed by atoms with Gasteiger partial charge in [0.2, 0.25) is 0 Å². The second-order valence-electron chi connectivity index (χ2n) is 2.29. The van der Waals surface area contributed by atoms with Crippen molar-refractivity contribution in [3.8, 4) is 0 Å². The van der Waals surface area contributed by atoms with Crippen LogP contribution in [-0.4, -0.2) is 49.4 Å². The summed E-state index contributed by atoms with van der Waals surface area (Å²) in [4.78, 5) is 15.5. The molecule has 14 heavy (non-hydrogen) atoms. The van der Waals surface area contributed by atoms with Crippen LogP contribution in [-0.2, 0) is 4.79 Å². The highest BCUT2D eigenvalue weighted by molar-refractivity contribution is 5.88. The third-order valence-electron chi connectivity index (χ3n) is 1.48. The fourth-order valence-electron chi connectivity index (χ4n) is 0.832. The minimum Gasteiger partial charge on any atom is -0.385 e. The normalized spacial score (nSPS) is 12.2. The van der Waals surface area contributed by atoms with Gasteiger partial charge in [0.25, 0.3) is 0 Å². The highest BCUT2D eigenvalue weighted by Gasteiger charge is 2.13. The molecule has 0 saturated carbocycles. The Balaban J connectivity index is 0. The van der Waals surface area contributed by atoms with Gasteiger partial charge in [-0.1, -0.05) is 6.58 Å². The predicted octanol–water partition coefficient (Wildman–Crippen LogP) is -0.385. The SMILES string of the molecule is C=CN(C)C(=NC)C(O)CC=O.CN. The zero-order chi connectivity index (χ0) is 11.6. The number of amidine groups is 1. The number of aliphatic hydroxyl groups is 1. The van der Waals surface area contributed by atoms with Gasteiger partial charge < -0.3 is 20.5 Å². The lowest BCUT2D eigenvalue weighted by atomic mass is 10.2. The van der Waals surface area contributed by atoms with E-state index >= 15 is 0 Å². The molecule has 5 nitrogen and oxygen atoms in total. The fourth-order valence-corrected chi connectivity index (χ4v) is 0.832. The minimum absolute atomic E-state index is 0.0604. The zero-order valence-corrected chi connectivity index (χ0v) is 8.97. The molecular weight excluding hydrogens is 182 g/mol. The molecule has 0 fully saturated rings. The molecule has 3 N–H and O–H groups in total. The second-order valence-corrected chi connectivity index (χ2v) is 2.29. The van der Waals surface area contributed by atoms with Crippen LogP contribution < -0.4 is 5.73 Å². The monoisotopic (exact) mass is 201 g/mol. The number of aldehydes is 1. The Bertz CT molecular complexity index is 192. The molecule has 0 aromatic heterocycles. The summed E-state index contributed by atoms with van der Waals surface area (Å²) >= 11 is 0. The van der Waals surface area contributed by atoms with Crippen molar-refractivity contribution in [2.45, 2.75) is 12.5 Å². The quantitative estimate of drug-likeness (QED) is 0.369. The van der Waals surface area contributed by atoms with Crippen LogP contribution >= 0.6 is 0 Å². The number of nitrogens with zero attached hydrogens (tertiary/aromatic N) is 2. The van der Waals surface area contributed by atoms with Gasteiger partial charge in [0.15, 0.2) is 0 Å². The van der Waals surface area contributed by atoms with Crippen molar-refractivity contribution in [2.75, 3.05) is 21.1 Å². The van der Waals surface area contributed by atoms with Gasteiger partial charge in [0.1, 0.15) is 18.2 Å². The molecule has 0 aromatic carbocycles. The highest BCUT2D eigenvalue weighted by Crippen LogP contribution is 1.98. The van der Waals surface area contributed by atoms with E-state index in [1.54, 1.807) is 19.0 Å². The van der Waals surface area contributed by atoms with E-state index in [1.165, 1.54) is 13.2 Å². The molecule has 0 heterocycles. The molecule has 5 heteroatoms. The molecule has 0 aliphatic carbocycles. The number of aliphatic imine (C=N–C) groups is 1. The summed E-state index contributed by atoms with van der Waals surface area (Å²) in [6, 6.07) is 0. The van der Waals surface area contributed by atoms with E-state index < -0.39 is 6.10 Å². The topological polar surface area (TPSA) is 78.9 Å². The predicted molar refractivity (Wildman–Crippen MR) is 58.1 cm³/mol. The van der Waals surface area contributed by atoms with E-state index in [0.29, 0.717) is 12.1 Å². The van der Waals surface area contributed by atoms with Gasteiger partial charge in [-0.25, -0.2) is 0 Å². The van der Waals surface area contributed by atoms with E-state index in [9.17, 15) is 9.90 Å². The Morgan fingerprint density at radius 2 is 2.21 bits per heavy atom. The van der Waals surface area contributed by atoms with Crippen molar-refractivity contribution in [2.24, 2.45) is 10.7 Å². The van der Waals surface area contributed by atoms with E-state index in [0.717, 1.165) is 0 Å². The second kappa shape index (κ2) is 9.88. The van der Waals surface area contributed by atoms with Gasteiger partial charge in [0.05, 0.1) is 0 Å². The zero-order valence-electron chi connectivity index (χ0n) is 8.97. The molecule has 0 aromatic rings. The lowest BCUT2D eigenvalue weighted by molar-refractivity contribution is -0.108. The maximum absolute atomic E-state index is 10.1. The Labute approximate surface area is 84.9 Å². The first-order valence-corrected chi connectivity index (χ1v) is 4.18. The van der Waals surface area contributed by atoms with Gasteiger partial charge in [-0.15, -0.1) is 0 Å². The summed E-state index contributed by atoms with van der Waals surface area (Å²) < 4.78 is 0. The first-order valence-electron chi connectivity index (χ1n) is 4.18. The van der Waals surface area contributed by atoms with Crippen LogP contribution in [0, 0.1) is 0 Å². The number of nitrogens with two attached hydrogens (primary N) is 1. The van der Waals surface area contributed by atoms with Crippen LogP contribution in [0.5, 0.6) is 0 Å². The number of carbonyl (C=O) groups is 1. The molecule has 0 rings (SSSR count). The first-order chi connectivity index (χ1) is 6.67. The average molecular weight is 201 g/mol. The van der Waals surface area contributed by atoms with Crippen LogP contribution in [0.1, 0.15) is 6.42 Å². The van der Waals surface area contributed by atoms with Crippen molar-refractivity contribution in [3.63, 3.8) is 0 Å². The van der Waals surface area contributed by atoms with E-state index in [2.05, 4.69) is 17.3 Å². The minimum atomic E-state index is -0.838. The number of rotatable bonds is 4. The summed E-state index contributed by atoms with van der Waals surface area (Å²) in [6.45, 7) is 3.52. The van der Waals surface area contributed by atoms with Crippen molar-refractivity contribution >= 4 is 12.1 Å². The summed E-state index contributed by atoms with van der Waals surface area (Å²) in [5.41, 5.74) is 4.50. The standard InChI is InChI=1S/C8H14N2O2.CH5N/c1-4-10(3)8(9-2)7(12)5-6-11;1-2/h4,6-7,12H,1,5H2,2-3H3;2H2,1H3. The van der Waals surface area contributed by atoms with Gasteiger partial charge in [-0.3, -0.25) is 4.99 Å². The molecule has 0 amide bonds. The first kappa shape index (κ1) is 15.3. The largest absolute Gasteiger partial charge is 0.385 e. The molecule has 1 atom stereocenters. The number of carbonyl (C=O) groups excluding carboxylic acids is 1. The van der Waals surface area contributed by atoms with E-state index in [4.69, 9.17) is 0 Å². The van der Waals surface area contributed by atoms with Crippen LogP contribution in [0.2, 0.25) is 0 Å². The molecular formula is C9H19N3O2. The van der Waals surface area contributed by atoms with Crippen LogP contribution in [0.4, 0.5) is 0 Å². The van der Waals surface area contributed by atoms with Crippen molar-refractivity contribution in [3.05, 3.63) is 12.8 Å². The van der Waals surface area contributed by atoms with Crippen molar-refractivity contribution in [1.29, 1.82) is 0 Å². The Kier molecular flexibility index (Phi) is 10.8. The smallest absolute Gasteiger partial charge is 0.132 e. The number of hydrogen-bond donors (Lipinski definition) is 2. The Morgan fingerprint density at radius 1 is 1.71 bits per heavy atom. The number of hydrogen-bond acceptors (Lipinski definition) is 4. The Morgan fingerprint density at radius 3 is 2.50 bits per heavy atom. The third-order valence-corrected chi connectivity index (χ3v) is 1.48. The lowest BCUT2D eigenvalue weighted by Crippen LogP contribution is -2.33. The van der Waals surface area contributed by atoms with Gasteiger partial charge in [-0.05, 0) is 13.2 Å². The molecule has 0 radical (unpaired) electrons. The van der Waals surface area contributed by atoms with Gasteiger partial charge in [-0.2, -0.15) is 0 Å². The molecule has 82 valence electrons. The van der Waals surface area contributed by atoms with E-state index in [1.807, 2.05) is 0 Å². The van der Waals surface area contributed by atoms with Gasteiger partial charge >= 0.3 is 0 Å². The lowest BCUT2D eigenvalue weighted by Gasteiger charge is -2.19. The van der Waals surface area contributed by atoms with Crippen LogP contribution in [0.25, 0.3) is 0 Å². The average Bonchev–Trinajstić information content (AvgIpc) is 2.22. The Hall–Kier alpha value is -1.20. The van der Waals surface area contributed by atoms with Crippen molar-refractivity contribution in [1.82, 2.24) is 4.90 Å². The number of likely N-dealkylation sites (N-methyl/N-ethyl adjacent to an activating group) is 1. The summed E-state index contributed by atoms with van der Waals surface area (Å²) in [5.74, 6) is 0.442. The highest BCUT2D eigenvalue weighted by atomic mass is 16.3.